The molecule has 0 saturated carbocycles. The van der Waals surface area contributed by atoms with Gasteiger partial charge in [-0.3, -0.25) is 0 Å². The van der Waals surface area contributed by atoms with Crippen molar-refractivity contribution in [1.29, 1.82) is 0 Å². The molecular weight excluding hydrogens is 238 g/mol. The molecule has 0 amide bonds. The maximum atomic E-state index is 9.00. The molecule has 0 heterocycles. The molecule has 0 bridgehead atoms. The lowest BCUT2D eigenvalue weighted by atomic mass is 9.81. The van der Waals surface area contributed by atoms with Crippen molar-refractivity contribution in [3.05, 3.63) is 29.3 Å². The van der Waals surface area contributed by atoms with Crippen molar-refractivity contribution < 1.29 is 9.84 Å². The van der Waals surface area contributed by atoms with Gasteiger partial charge in [0.25, 0.3) is 0 Å². The predicted molar refractivity (Wildman–Crippen MR) is 79.6 cm³/mol. The molecule has 19 heavy (non-hydrogen) atoms. The Morgan fingerprint density at radius 2 is 1.84 bits per heavy atom. The summed E-state index contributed by atoms with van der Waals surface area (Å²) in [5.41, 5.74) is 8.26. The molecular formula is C16H27NO2. The van der Waals surface area contributed by atoms with E-state index in [0.717, 1.165) is 17.7 Å². The highest BCUT2D eigenvalue weighted by Gasteiger charge is 2.26. The van der Waals surface area contributed by atoms with E-state index in [9.17, 15) is 0 Å². The van der Waals surface area contributed by atoms with Crippen LogP contribution >= 0.6 is 0 Å². The van der Waals surface area contributed by atoms with Crippen molar-refractivity contribution in [1.82, 2.24) is 0 Å². The minimum Gasteiger partial charge on any atom is -0.496 e. The van der Waals surface area contributed by atoms with Crippen LogP contribution in [0.15, 0.2) is 18.2 Å². The van der Waals surface area contributed by atoms with Gasteiger partial charge in [-0.15, -0.1) is 0 Å². The quantitative estimate of drug-likeness (QED) is 0.860. The first-order valence-electron chi connectivity index (χ1n) is 6.81. The number of rotatable bonds is 5. The molecule has 3 heteroatoms. The summed E-state index contributed by atoms with van der Waals surface area (Å²) in [6.07, 6.45) is 1.42. The Hall–Kier alpha value is -1.06. The molecule has 108 valence electrons. The average molecular weight is 265 g/mol. The Bertz CT molecular complexity index is 419. The highest BCUT2D eigenvalue weighted by atomic mass is 16.5. The highest BCUT2D eigenvalue weighted by molar-refractivity contribution is 5.43. The molecule has 1 aromatic rings. The lowest BCUT2D eigenvalue weighted by molar-refractivity contribution is 0.263. The first kappa shape index (κ1) is 16.0. The van der Waals surface area contributed by atoms with Gasteiger partial charge in [-0.2, -0.15) is 0 Å². The van der Waals surface area contributed by atoms with Crippen molar-refractivity contribution in [2.45, 2.75) is 51.5 Å². The highest BCUT2D eigenvalue weighted by Crippen LogP contribution is 2.35. The second-order valence-corrected chi connectivity index (χ2v) is 6.41. The van der Waals surface area contributed by atoms with Crippen molar-refractivity contribution in [3.63, 3.8) is 0 Å². The fraction of sp³-hybridized carbons (Fsp3) is 0.625. The SMILES string of the molecule is COc1ccc(C(C)(C)C)cc1C(C)(N)CCCO. The number of hydrogen-bond donors (Lipinski definition) is 2. The summed E-state index contributed by atoms with van der Waals surface area (Å²) in [7, 11) is 1.66. The second kappa shape index (κ2) is 5.93. The number of aliphatic hydroxyl groups excluding tert-OH is 1. The van der Waals surface area contributed by atoms with Crippen LogP contribution in [0.1, 0.15) is 51.7 Å². The monoisotopic (exact) mass is 265 g/mol. The van der Waals surface area contributed by atoms with Gasteiger partial charge in [-0.05, 0) is 42.9 Å². The maximum absolute atomic E-state index is 9.00. The zero-order valence-corrected chi connectivity index (χ0v) is 12.8. The van der Waals surface area contributed by atoms with E-state index < -0.39 is 5.54 Å². The van der Waals surface area contributed by atoms with E-state index in [1.807, 2.05) is 13.0 Å². The van der Waals surface area contributed by atoms with E-state index in [2.05, 4.69) is 32.9 Å². The Balaban J connectivity index is 3.22. The predicted octanol–water partition coefficient (Wildman–Crippen LogP) is 2.94. The summed E-state index contributed by atoms with van der Waals surface area (Å²) in [5, 5.41) is 9.00. The molecule has 0 radical (unpaired) electrons. The van der Waals surface area contributed by atoms with Gasteiger partial charge in [0.15, 0.2) is 0 Å². The number of aliphatic hydroxyl groups is 1. The zero-order chi connectivity index (χ0) is 14.7. The van der Waals surface area contributed by atoms with Gasteiger partial charge in [0, 0.05) is 17.7 Å². The van der Waals surface area contributed by atoms with Gasteiger partial charge in [0.2, 0.25) is 0 Å². The Kier molecular flexibility index (Phi) is 4.99. The van der Waals surface area contributed by atoms with E-state index in [1.54, 1.807) is 7.11 Å². The van der Waals surface area contributed by atoms with Crippen LogP contribution in [0.5, 0.6) is 5.75 Å². The average Bonchev–Trinajstić information content (AvgIpc) is 2.34. The lowest BCUT2D eigenvalue weighted by Crippen LogP contribution is -2.34. The van der Waals surface area contributed by atoms with Gasteiger partial charge in [0.05, 0.1) is 7.11 Å². The molecule has 0 aliphatic heterocycles. The van der Waals surface area contributed by atoms with E-state index in [1.165, 1.54) is 5.56 Å². The Labute approximate surface area is 116 Å². The van der Waals surface area contributed by atoms with Crippen molar-refractivity contribution in [3.8, 4) is 5.75 Å². The summed E-state index contributed by atoms with van der Waals surface area (Å²) < 4.78 is 5.44. The summed E-state index contributed by atoms with van der Waals surface area (Å²) >= 11 is 0. The molecule has 0 aliphatic rings. The largest absolute Gasteiger partial charge is 0.496 e. The number of methoxy groups -OCH3 is 1. The van der Waals surface area contributed by atoms with E-state index in [-0.39, 0.29) is 12.0 Å². The molecule has 0 saturated heterocycles. The van der Waals surface area contributed by atoms with Crippen LogP contribution in [0.2, 0.25) is 0 Å². The molecule has 1 aromatic carbocycles. The lowest BCUT2D eigenvalue weighted by Gasteiger charge is -2.29. The summed E-state index contributed by atoms with van der Waals surface area (Å²) in [6.45, 7) is 8.70. The fourth-order valence-corrected chi connectivity index (χ4v) is 2.20. The number of ether oxygens (including phenoxy) is 1. The standard InChI is InChI=1S/C16H27NO2/c1-15(2,3)12-7-8-14(19-5)13(11-12)16(4,17)9-6-10-18/h7-8,11,18H,6,9-10,17H2,1-5H3. The van der Waals surface area contributed by atoms with Gasteiger partial charge >= 0.3 is 0 Å². The van der Waals surface area contributed by atoms with E-state index >= 15 is 0 Å². The minimum absolute atomic E-state index is 0.0775. The summed E-state index contributed by atoms with van der Waals surface area (Å²) in [4.78, 5) is 0. The van der Waals surface area contributed by atoms with Gasteiger partial charge < -0.3 is 15.6 Å². The van der Waals surface area contributed by atoms with Crippen molar-refractivity contribution in [2.75, 3.05) is 13.7 Å². The van der Waals surface area contributed by atoms with Crippen LogP contribution in [-0.2, 0) is 11.0 Å². The maximum Gasteiger partial charge on any atom is 0.123 e. The molecule has 0 aromatic heterocycles. The number of hydrogen-bond acceptors (Lipinski definition) is 3. The third-order valence-corrected chi connectivity index (χ3v) is 3.54. The second-order valence-electron chi connectivity index (χ2n) is 6.41. The van der Waals surface area contributed by atoms with Crippen molar-refractivity contribution >= 4 is 0 Å². The molecule has 1 unspecified atom stereocenters. The topological polar surface area (TPSA) is 55.5 Å². The number of benzene rings is 1. The van der Waals surface area contributed by atoms with Gasteiger partial charge in [0.1, 0.15) is 5.75 Å². The van der Waals surface area contributed by atoms with Crippen LogP contribution in [0, 0.1) is 0 Å². The molecule has 0 aliphatic carbocycles. The zero-order valence-electron chi connectivity index (χ0n) is 12.8. The third kappa shape index (κ3) is 3.95. The van der Waals surface area contributed by atoms with Crippen LogP contribution in [-0.4, -0.2) is 18.8 Å². The van der Waals surface area contributed by atoms with Crippen LogP contribution in [0.25, 0.3) is 0 Å². The van der Waals surface area contributed by atoms with E-state index in [0.29, 0.717) is 6.42 Å². The molecule has 1 rings (SSSR count). The molecule has 3 N–H and O–H groups in total. The molecule has 3 nitrogen and oxygen atoms in total. The van der Waals surface area contributed by atoms with Gasteiger partial charge in [-0.25, -0.2) is 0 Å². The Morgan fingerprint density at radius 3 is 2.32 bits per heavy atom. The van der Waals surface area contributed by atoms with Crippen molar-refractivity contribution in [2.24, 2.45) is 5.73 Å². The smallest absolute Gasteiger partial charge is 0.123 e. The molecule has 1 atom stereocenters. The first-order chi connectivity index (χ1) is 8.72. The first-order valence-corrected chi connectivity index (χ1v) is 6.81. The Morgan fingerprint density at radius 1 is 1.21 bits per heavy atom. The normalized spacial score (nSPS) is 15.1. The van der Waals surface area contributed by atoms with Crippen LogP contribution in [0.4, 0.5) is 0 Å². The molecule has 0 fully saturated rings. The van der Waals surface area contributed by atoms with Crippen LogP contribution < -0.4 is 10.5 Å². The summed E-state index contributed by atoms with van der Waals surface area (Å²) in [5.74, 6) is 0.816. The van der Waals surface area contributed by atoms with E-state index in [4.69, 9.17) is 15.6 Å². The minimum atomic E-state index is -0.491. The number of nitrogens with two attached hydrogens (primary N) is 1. The fourth-order valence-electron chi connectivity index (χ4n) is 2.20. The van der Waals surface area contributed by atoms with Gasteiger partial charge in [-0.1, -0.05) is 26.8 Å². The summed E-state index contributed by atoms with van der Waals surface area (Å²) in [6, 6.07) is 6.21. The van der Waals surface area contributed by atoms with Crippen LogP contribution in [0.3, 0.4) is 0 Å². The molecule has 0 spiro atoms. The third-order valence-electron chi connectivity index (χ3n) is 3.54.